The van der Waals surface area contributed by atoms with Gasteiger partial charge in [-0.15, -0.1) is 0 Å². The molecule has 1 aliphatic rings. The molecule has 1 fully saturated rings. The first kappa shape index (κ1) is 17.3. The SMILES string of the molecule is COc1cc2cc(-c3ccc(OC4CCN(C=O)CC4)cc3)ccc2cn1. The van der Waals surface area contributed by atoms with E-state index in [1.165, 1.54) is 0 Å². The van der Waals surface area contributed by atoms with Crippen LogP contribution in [0.2, 0.25) is 0 Å². The van der Waals surface area contributed by atoms with Gasteiger partial charge < -0.3 is 14.4 Å². The summed E-state index contributed by atoms with van der Waals surface area (Å²) >= 11 is 0. The smallest absolute Gasteiger partial charge is 0.213 e. The van der Waals surface area contributed by atoms with Gasteiger partial charge in [0.2, 0.25) is 12.3 Å². The molecule has 2 heterocycles. The minimum absolute atomic E-state index is 0.174. The number of piperidine rings is 1. The van der Waals surface area contributed by atoms with E-state index in [1.54, 1.807) is 12.0 Å². The van der Waals surface area contributed by atoms with Crippen molar-refractivity contribution >= 4 is 17.2 Å². The van der Waals surface area contributed by atoms with Gasteiger partial charge in [0, 0.05) is 43.6 Å². The Labute approximate surface area is 158 Å². The maximum atomic E-state index is 10.8. The number of hydrogen-bond acceptors (Lipinski definition) is 4. The van der Waals surface area contributed by atoms with Crippen LogP contribution < -0.4 is 9.47 Å². The standard InChI is InChI=1S/C22H22N2O3/c1-26-22-13-19-12-17(2-3-18(19)14-23-22)16-4-6-20(7-5-16)27-21-8-10-24(15-25)11-9-21/h2-7,12-15,21H,8-11H2,1H3. The Bertz CT molecular complexity index is 932. The number of fused-ring (bicyclic) bond motifs is 1. The molecule has 0 saturated carbocycles. The number of ether oxygens (including phenoxy) is 2. The number of nitrogens with zero attached hydrogens (tertiary/aromatic N) is 2. The van der Waals surface area contributed by atoms with Crippen LogP contribution in [0.3, 0.4) is 0 Å². The van der Waals surface area contributed by atoms with E-state index < -0.39 is 0 Å². The van der Waals surface area contributed by atoms with Crippen molar-refractivity contribution in [1.82, 2.24) is 9.88 Å². The largest absolute Gasteiger partial charge is 0.490 e. The zero-order chi connectivity index (χ0) is 18.6. The van der Waals surface area contributed by atoms with E-state index in [4.69, 9.17) is 9.47 Å². The van der Waals surface area contributed by atoms with Gasteiger partial charge in [-0.2, -0.15) is 0 Å². The molecule has 4 rings (SSSR count). The summed E-state index contributed by atoms with van der Waals surface area (Å²) in [6.45, 7) is 1.53. The van der Waals surface area contributed by atoms with E-state index in [0.717, 1.165) is 60.0 Å². The molecule has 0 atom stereocenters. The fourth-order valence-electron chi connectivity index (χ4n) is 3.43. The molecule has 0 spiro atoms. The Morgan fingerprint density at radius 1 is 1.00 bits per heavy atom. The van der Waals surface area contributed by atoms with Gasteiger partial charge in [-0.1, -0.05) is 24.3 Å². The molecule has 27 heavy (non-hydrogen) atoms. The topological polar surface area (TPSA) is 51.7 Å². The number of likely N-dealkylation sites (tertiary alicyclic amines) is 1. The maximum absolute atomic E-state index is 10.8. The lowest BCUT2D eigenvalue weighted by Crippen LogP contribution is -2.37. The number of carbonyl (C=O) groups is 1. The van der Waals surface area contributed by atoms with Crippen LogP contribution in [0.4, 0.5) is 0 Å². The molecule has 0 radical (unpaired) electrons. The Kier molecular flexibility index (Phi) is 4.92. The minimum atomic E-state index is 0.174. The van der Waals surface area contributed by atoms with Crippen LogP contribution in [0.15, 0.2) is 54.7 Å². The van der Waals surface area contributed by atoms with Crippen molar-refractivity contribution in [3.63, 3.8) is 0 Å². The molecule has 0 bridgehead atoms. The first-order chi connectivity index (χ1) is 13.2. The molecule has 5 heteroatoms. The number of amides is 1. The lowest BCUT2D eigenvalue weighted by molar-refractivity contribution is -0.119. The van der Waals surface area contributed by atoms with Gasteiger partial charge in [0.05, 0.1) is 7.11 Å². The van der Waals surface area contributed by atoms with Crippen LogP contribution in [0.5, 0.6) is 11.6 Å². The molecule has 3 aromatic rings. The second-order valence-corrected chi connectivity index (χ2v) is 6.77. The molecule has 1 saturated heterocycles. The van der Waals surface area contributed by atoms with Gasteiger partial charge in [-0.25, -0.2) is 4.98 Å². The van der Waals surface area contributed by atoms with E-state index in [0.29, 0.717) is 5.88 Å². The molecule has 0 unspecified atom stereocenters. The van der Waals surface area contributed by atoms with Crippen molar-refractivity contribution in [2.45, 2.75) is 18.9 Å². The van der Waals surface area contributed by atoms with E-state index in [9.17, 15) is 4.79 Å². The summed E-state index contributed by atoms with van der Waals surface area (Å²) in [7, 11) is 1.62. The molecule has 1 aromatic heterocycles. The molecular weight excluding hydrogens is 340 g/mol. The lowest BCUT2D eigenvalue weighted by atomic mass is 10.0. The van der Waals surface area contributed by atoms with E-state index in [1.807, 2.05) is 24.4 Å². The Morgan fingerprint density at radius 2 is 1.74 bits per heavy atom. The highest BCUT2D eigenvalue weighted by atomic mass is 16.5. The lowest BCUT2D eigenvalue weighted by Gasteiger charge is -2.29. The van der Waals surface area contributed by atoms with Gasteiger partial charge in [-0.3, -0.25) is 4.79 Å². The highest BCUT2D eigenvalue weighted by molar-refractivity contribution is 5.87. The van der Waals surface area contributed by atoms with Gasteiger partial charge in [0.1, 0.15) is 11.9 Å². The number of rotatable bonds is 5. The molecular formula is C22H22N2O3. The summed E-state index contributed by atoms with van der Waals surface area (Å²) in [5.74, 6) is 1.49. The molecule has 5 nitrogen and oxygen atoms in total. The molecule has 138 valence electrons. The Balaban J connectivity index is 1.48. The van der Waals surface area contributed by atoms with Gasteiger partial charge in [0.15, 0.2) is 0 Å². The zero-order valence-corrected chi connectivity index (χ0v) is 15.3. The normalized spacial score (nSPS) is 14.9. The second-order valence-electron chi connectivity index (χ2n) is 6.77. The van der Waals surface area contributed by atoms with Crippen molar-refractivity contribution in [1.29, 1.82) is 0 Å². The minimum Gasteiger partial charge on any atom is -0.490 e. The van der Waals surface area contributed by atoms with Gasteiger partial charge in [-0.05, 0) is 34.7 Å². The van der Waals surface area contributed by atoms with E-state index in [2.05, 4.69) is 35.3 Å². The van der Waals surface area contributed by atoms with Crippen LogP contribution in [0, 0.1) is 0 Å². The average Bonchev–Trinajstić information content (AvgIpc) is 2.74. The average molecular weight is 362 g/mol. The van der Waals surface area contributed by atoms with Crippen molar-refractivity contribution in [3.05, 3.63) is 54.7 Å². The van der Waals surface area contributed by atoms with E-state index >= 15 is 0 Å². The third-order valence-corrected chi connectivity index (χ3v) is 5.02. The van der Waals surface area contributed by atoms with Crippen molar-refractivity contribution in [2.75, 3.05) is 20.2 Å². The number of methoxy groups -OCH3 is 1. The third kappa shape index (κ3) is 3.87. The summed E-state index contributed by atoms with van der Waals surface area (Å²) in [6.07, 6.45) is 4.67. The van der Waals surface area contributed by atoms with E-state index in [-0.39, 0.29) is 6.10 Å². The van der Waals surface area contributed by atoms with Crippen molar-refractivity contribution in [2.24, 2.45) is 0 Å². The highest BCUT2D eigenvalue weighted by Crippen LogP contribution is 2.28. The first-order valence-corrected chi connectivity index (χ1v) is 9.15. The van der Waals surface area contributed by atoms with Crippen LogP contribution in [0.1, 0.15) is 12.8 Å². The fraction of sp³-hybridized carbons (Fsp3) is 0.273. The fourth-order valence-corrected chi connectivity index (χ4v) is 3.43. The molecule has 1 aliphatic heterocycles. The third-order valence-electron chi connectivity index (χ3n) is 5.02. The summed E-state index contributed by atoms with van der Waals surface area (Å²) in [6, 6.07) is 16.4. The van der Waals surface area contributed by atoms with Gasteiger partial charge in [0.25, 0.3) is 0 Å². The van der Waals surface area contributed by atoms with Gasteiger partial charge >= 0.3 is 0 Å². The van der Waals surface area contributed by atoms with Crippen LogP contribution in [0.25, 0.3) is 21.9 Å². The highest BCUT2D eigenvalue weighted by Gasteiger charge is 2.19. The molecule has 2 aromatic carbocycles. The number of hydrogen-bond donors (Lipinski definition) is 0. The number of benzene rings is 2. The second kappa shape index (κ2) is 7.66. The summed E-state index contributed by atoms with van der Waals surface area (Å²) in [5.41, 5.74) is 2.28. The maximum Gasteiger partial charge on any atom is 0.213 e. The Hall–Kier alpha value is -3.08. The molecule has 0 aliphatic carbocycles. The number of carbonyl (C=O) groups excluding carboxylic acids is 1. The van der Waals surface area contributed by atoms with Crippen molar-refractivity contribution in [3.8, 4) is 22.8 Å². The predicted molar refractivity (Wildman–Crippen MR) is 105 cm³/mol. The predicted octanol–water partition coefficient (Wildman–Crippen LogP) is 3.91. The summed E-state index contributed by atoms with van der Waals surface area (Å²) in [5, 5.41) is 2.18. The molecule has 0 N–H and O–H groups in total. The zero-order valence-electron chi connectivity index (χ0n) is 15.3. The Morgan fingerprint density at radius 3 is 2.44 bits per heavy atom. The van der Waals surface area contributed by atoms with Crippen LogP contribution in [-0.2, 0) is 4.79 Å². The van der Waals surface area contributed by atoms with Crippen molar-refractivity contribution < 1.29 is 14.3 Å². The van der Waals surface area contributed by atoms with Crippen LogP contribution in [-0.4, -0.2) is 42.6 Å². The quantitative estimate of drug-likeness (QED) is 0.646. The molecule has 1 amide bonds. The number of pyridine rings is 1. The number of aromatic nitrogens is 1. The van der Waals surface area contributed by atoms with Crippen LogP contribution >= 0.6 is 0 Å². The summed E-state index contributed by atoms with van der Waals surface area (Å²) < 4.78 is 11.3. The first-order valence-electron chi connectivity index (χ1n) is 9.15. The summed E-state index contributed by atoms with van der Waals surface area (Å²) in [4.78, 5) is 16.8. The monoisotopic (exact) mass is 362 g/mol.